The predicted octanol–water partition coefficient (Wildman–Crippen LogP) is 5.35. The molecule has 0 aliphatic carbocycles. The number of amides is 1. The maximum Gasteiger partial charge on any atom is 0.276 e. The van der Waals surface area contributed by atoms with Crippen LogP contribution in [0.15, 0.2) is 80.5 Å². The zero-order chi connectivity index (χ0) is 21.1. The van der Waals surface area contributed by atoms with Crippen molar-refractivity contribution < 1.29 is 4.79 Å². The van der Waals surface area contributed by atoms with Gasteiger partial charge in [0.25, 0.3) is 5.56 Å². The molecule has 4 aromatic rings. The Labute approximate surface area is 190 Å². The summed E-state index contributed by atoms with van der Waals surface area (Å²) in [6.45, 7) is 2.52. The van der Waals surface area contributed by atoms with Gasteiger partial charge < -0.3 is 4.90 Å². The molecular weight excluding hydrogens is 482 g/mol. The van der Waals surface area contributed by atoms with Crippen molar-refractivity contribution >= 4 is 60.8 Å². The number of carbonyl (C=O) groups is 1. The van der Waals surface area contributed by atoms with Crippen LogP contribution in [0.2, 0.25) is 0 Å². The van der Waals surface area contributed by atoms with Crippen LogP contribution in [0.1, 0.15) is 6.92 Å². The highest BCUT2D eigenvalue weighted by Crippen LogP contribution is 2.25. The summed E-state index contributed by atoms with van der Waals surface area (Å²) in [6.07, 6.45) is 0. The van der Waals surface area contributed by atoms with Crippen molar-refractivity contribution in [1.82, 2.24) is 9.55 Å². The SMILES string of the molecule is CCN(C(=O)CSc1nc2ccsc2c(=O)n1-c1ccc(Br)cc1)c1ccccc1. The van der Waals surface area contributed by atoms with E-state index in [9.17, 15) is 9.59 Å². The van der Waals surface area contributed by atoms with Crippen molar-refractivity contribution in [1.29, 1.82) is 0 Å². The average Bonchev–Trinajstić information content (AvgIpc) is 3.24. The van der Waals surface area contributed by atoms with Gasteiger partial charge in [0.05, 0.1) is 17.0 Å². The molecule has 0 aliphatic heterocycles. The van der Waals surface area contributed by atoms with Gasteiger partial charge in [-0.15, -0.1) is 11.3 Å². The van der Waals surface area contributed by atoms with Gasteiger partial charge in [0.2, 0.25) is 5.91 Å². The van der Waals surface area contributed by atoms with Gasteiger partial charge in [0.15, 0.2) is 5.16 Å². The molecule has 0 N–H and O–H groups in total. The monoisotopic (exact) mass is 499 g/mol. The summed E-state index contributed by atoms with van der Waals surface area (Å²) >= 11 is 6.08. The minimum Gasteiger partial charge on any atom is -0.312 e. The molecular formula is C22H18BrN3O2S2. The van der Waals surface area contributed by atoms with E-state index in [0.717, 1.165) is 15.8 Å². The number of anilines is 1. The first-order chi connectivity index (χ1) is 14.6. The Morgan fingerprint density at radius 3 is 2.57 bits per heavy atom. The van der Waals surface area contributed by atoms with Crippen LogP contribution in [0.5, 0.6) is 0 Å². The first-order valence-electron chi connectivity index (χ1n) is 9.33. The molecule has 2 aromatic carbocycles. The molecule has 0 atom stereocenters. The third kappa shape index (κ3) is 4.21. The van der Waals surface area contributed by atoms with Crippen LogP contribution in [0.3, 0.4) is 0 Å². The second-order valence-electron chi connectivity index (χ2n) is 6.41. The maximum absolute atomic E-state index is 13.2. The van der Waals surface area contributed by atoms with Crippen LogP contribution in [0.4, 0.5) is 5.69 Å². The molecule has 0 aliphatic rings. The number of thioether (sulfide) groups is 1. The number of hydrogen-bond acceptors (Lipinski definition) is 5. The molecule has 30 heavy (non-hydrogen) atoms. The normalized spacial score (nSPS) is 11.0. The lowest BCUT2D eigenvalue weighted by Gasteiger charge is -2.21. The number of aromatic nitrogens is 2. The fourth-order valence-electron chi connectivity index (χ4n) is 3.12. The first kappa shape index (κ1) is 20.8. The number of para-hydroxylation sites is 1. The lowest BCUT2D eigenvalue weighted by Crippen LogP contribution is -2.32. The minimum absolute atomic E-state index is 0.0317. The first-order valence-corrected chi connectivity index (χ1v) is 12.0. The molecule has 0 saturated carbocycles. The third-order valence-electron chi connectivity index (χ3n) is 4.54. The Hall–Kier alpha value is -2.42. The van der Waals surface area contributed by atoms with Crippen molar-refractivity contribution in [3.05, 3.63) is 80.9 Å². The standard InChI is InChI=1S/C22H18BrN3O2S2/c1-2-25(16-6-4-3-5-7-16)19(27)14-30-22-24-18-12-13-29-20(18)21(28)26(22)17-10-8-15(23)9-11-17/h3-13H,2,14H2,1H3. The largest absolute Gasteiger partial charge is 0.312 e. The van der Waals surface area contributed by atoms with E-state index in [1.165, 1.54) is 23.1 Å². The Bertz CT molecular complexity index is 1240. The summed E-state index contributed by atoms with van der Waals surface area (Å²) in [4.78, 5) is 32.5. The Balaban J connectivity index is 1.68. The molecule has 0 fully saturated rings. The van der Waals surface area contributed by atoms with Crippen LogP contribution in [0, 0.1) is 0 Å². The molecule has 2 heterocycles. The van der Waals surface area contributed by atoms with E-state index in [4.69, 9.17) is 0 Å². The van der Waals surface area contributed by atoms with Crippen molar-refractivity contribution in [3.63, 3.8) is 0 Å². The average molecular weight is 500 g/mol. The zero-order valence-electron chi connectivity index (χ0n) is 16.1. The van der Waals surface area contributed by atoms with Gasteiger partial charge in [-0.2, -0.15) is 0 Å². The zero-order valence-corrected chi connectivity index (χ0v) is 19.3. The molecule has 1 amide bonds. The molecule has 5 nitrogen and oxygen atoms in total. The number of nitrogens with zero attached hydrogens (tertiary/aromatic N) is 3. The molecule has 0 radical (unpaired) electrons. The van der Waals surface area contributed by atoms with Crippen LogP contribution in [-0.2, 0) is 4.79 Å². The molecule has 8 heteroatoms. The van der Waals surface area contributed by atoms with E-state index in [0.29, 0.717) is 21.9 Å². The van der Waals surface area contributed by atoms with Crippen LogP contribution >= 0.6 is 39.0 Å². The molecule has 4 rings (SSSR count). The number of hydrogen-bond donors (Lipinski definition) is 0. The molecule has 152 valence electrons. The fraction of sp³-hybridized carbons (Fsp3) is 0.136. The van der Waals surface area contributed by atoms with Gasteiger partial charge in [0, 0.05) is 16.7 Å². The van der Waals surface area contributed by atoms with Crippen molar-refractivity contribution in [2.75, 3.05) is 17.2 Å². The highest BCUT2D eigenvalue weighted by atomic mass is 79.9. The second kappa shape index (κ2) is 9.16. The van der Waals surface area contributed by atoms with Gasteiger partial charge in [-0.05, 0) is 54.8 Å². The van der Waals surface area contributed by atoms with E-state index in [-0.39, 0.29) is 17.2 Å². The number of fused-ring (bicyclic) bond motifs is 1. The number of benzene rings is 2. The van der Waals surface area contributed by atoms with Crippen LogP contribution in [0.25, 0.3) is 15.9 Å². The highest BCUT2D eigenvalue weighted by molar-refractivity contribution is 9.10. The predicted molar refractivity (Wildman–Crippen MR) is 128 cm³/mol. The van der Waals surface area contributed by atoms with Gasteiger partial charge in [-0.3, -0.25) is 14.2 Å². The van der Waals surface area contributed by atoms with Crippen molar-refractivity contribution in [2.24, 2.45) is 0 Å². The summed E-state index contributed by atoms with van der Waals surface area (Å²) in [5.41, 5.74) is 2.11. The van der Waals surface area contributed by atoms with E-state index >= 15 is 0 Å². The van der Waals surface area contributed by atoms with Gasteiger partial charge in [-0.1, -0.05) is 45.9 Å². The van der Waals surface area contributed by atoms with E-state index < -0.39 is 0 Å². The van der Waals surface area contributed by atoms with Gasteiger partial charge in [0.1, 0.15) is 4.70 Å². The topological polar surface area (TPSA) is 55.2 Å². The molecule has 0 unspecified atom stereocenters. The van der Waals surface area contributed by atoms with Crippen LogP contribution < -0.4 is 10.5 Å². The van der Waals surface area contributed by atoms with Crippen LogP contribution in [-0.4, -0.2) is 27.8 Å². The van der Waals surface area contributed by atoms with E-state index in [1.54, 1.807) is 9.47 Å². The van der Waals surface area contributed by atoms with Crippen molar-refractivity contribution in [3.8, 4) is 5.69 Å². The van der Waals surface area contributed by atoms with E-state index in [1.807, 2.05) is 73.0 Å². The fourth-order valence-corrected chi connectivity index (χ4v) is 5.03. The third-order valence-corrected chi connectivity index (χ3v) is 6.89. The van der Waals surface area contributed by atoms with Crippen molar-refractivity contribution in [2.45, 2.75) is 12.1 Å². The molecule has 0 spiro atoms. The number of halogens is 1. The van der Waals surface area contributed by atoms with E-state index in [2.05, 4.69) is 20.9 Å². The Kier molecular flexibility index (Phi) is 6.36. The lowest BCUT2D eigenvalue weighted by atomic mass is 10.3. The summed E-state index contributed by atoms with van der Waals surface area (Å²) in [5.74, 6) is 0.150. The quantitative estimate of drug-likeness (QED) is 0.265. The highest BCUT2D eigenvalue weighted by Gasteiger charge is 2.18. The summed E-state index contributed by atoms with van der Waals surface area (Å²) in [6, 6.07) is 18.9. The summed E-state index contributed by atoms with van der Waals surface area (Å²) in [7, 11) is 0. The number of carbonyl (C=O) groups excluding carboxylic acids is 1. The maximum atomic E-state index is 13.2. The lowest BCUT2D eigenvalue weighted by molar-refractivity contribution is -0.116. The van der Waals surface area contributed by atoms with Gasteiger partial charge >= 0.3 is 0 Å². The minimum atomic E-state index is -0.123. The molecule has 2 aromatic heterocycles. The summed E-state index contributed by atoms with van der Waals surface area (Å²) in [5, 5.41) is 2.37. The Morgan fingerprint density at radius 1 is 1.13 bits per heavy atom. The number of thiophene rings is 1. The second-order valence-corrected chi connectivity index (χ2v) is 9.18. The summed E-state index contributed by atoms with van der Waals surface area (Å²) < 4.78 is 3.12. The number of rotatable bonds is 6. The molecule has 0 bridgehead atoms. The smallest absolute Gasteiger partial charge is 0.276 e. The van der Waals surface area contributed by atoms with Gasteiger partial charge in [-0.25, -0.2) is 4.98 Å². The molecule has 0 saturated heterocycles. The Morgan fingerprint density at radius 2 is 1.87 bits per heavy atom.